The first-order chi connectivity index (χ1) is 3.00. The number of nitrogens with zero attached hydrogens (tertiary/aromatic N) is 2. The summed E-state index contributed by atoms with van der Waals surface area (Å²) in [6.07, 6.45) is 6.56. The molecule has 0 saturated carbocycles. The Morgan fingerprint density at radius 2 is 1.00 bits per heavy atom. The first-order valence-corrected chi connectivity index (χ1v) is 1.70. The van der Waals surface area contributed by atoms with Crippen LogP contribution in [0.25, 0.3) is 0 Å². The van der Waals surface area contributed by atoms with Crippen molar-refractivity contribution in [1.82, 2.24) is 9.97 Å². The molecule has 0 aliphatic carbocycles. The van der Waals surface area contributed by atoms with E-state index in [2.05, 4.69) is 9.97 Å². The van der Waals surface area contributed by atoms with Crippen molar-refractivity contribution in [3.05, 3.63) is 24.8 Å². The molecule has 1 heterocycles. The summed E-state index contributed by atoms with van der Waals surface area (Å²) in [6, 6.07) is 0. The molecule has 2 nitrogen and oxygen atoms in total. The van der Waals surface area contributed by atoms with Crippen LogP contribution in [0.1, 0.15) is 0 Å². The van der Waals surface area contributed by atoms with Crippen LogP contribution in [0.4, 0.5) is 0 Å². The van der Waals surface area contributed by atoms with Crippen molar-refractivity contribution in [3.63, 3.8) is 0 Å². The molecule has 0 amide bonds. The third-order valence-electron chi connectivity index (χ3n) is 0.478. The van der Waals surface area contributed by atoms with Gasteiger partial charge >= 0.3 is 0 Å². The van der Waals surface area contributed by atoms with E-state index in [1.165, 1.54) is 0 Å². The summed E-state index contributed by atoms with van der Waals surface area (Å²) >= 11 is 0. The molecule has 32 valence electrons. The molecular weight excluding hydrogens is 188 g/mol. The van der Waals surface area contributed by atoms with E-state index >= 15 is 0 Å². The van der Waals surface area contributed by atoms with Crippen molar-refractivity contribution in [2.45, 2.75) is 0 Å². The Labute approximate surface area is 62.2 Å². The van der Waals surface area contributed by atoms with Crippen LogP contribution in [0.5, 0.6) is 0 Å². The maximum atomic E-state index is 3.72. The van der Waals surface area contributed by atoms with Gasteiger partial charge in [0.25, 0.3) is 0 Å². The maximum Gasteiger partial charge on any atom is 0.0451 e. The molecule has 0 radical (unpaired) electrons. The summed E-state index contributed by atoms with van der Waals surface area (Å²) in [6.45, 7) is 0. The first kappa shape index (κ1) is 7.00. The summed E-state index contributed by atoms with van der Waals surface area (Å²) in [4.78, 5) is 7.44. The minimum Gasteiger partial charge on any atom is -0.262 e. The third-order valence-corrected chi connectivity index (χ3v) is 0.478. The second-order valence-corrected chi connectivity index (χ2v) is 0.894. The fourth-order valence-electron chi connectivity index (χ4n) is 0.253. The van der Waals surface area contributed by atoms with E-state index in [1.807, 2.05) is 0 Å². The molecule has 1 rings (SSSR count). The number of hydrogen-bond donors (Lipinski definition) is 0. The molecule has 0 spiro atoms. The molecule has 1 aromatic heterocycles. The number of hydrogen-bond acceptors (Lipinski definition) is 2. The summed E-state index contributed by atoms with van der Waals surface area (Å²) in [7, 11) is 0. The smallest absolute Gasteiger partial charge is 0.0451 e. The van der Waals surface area contributed by atoms with Gasteiger partial charge in [-0.25, -0.2) is 0 Å². The van der Waals surface area contributed by atoms with Gasteiger partial charge in [-0.2, -0.15) is 0 Å². The normalized spacial score (nSPS) is 6.86. The van der Waals surface area contributed by atoms with E-state index in [-0.39, 0.29) is 27.3 Å². The Morgan fingerprint density at radius 1 is 0.714 bits per heavy atom. The van der Waals surface area contributed by atoms with Gasteiger partial charge in [-0.3, -0.25) is 9.97 Å². The van der Waals surface area contributed by atoms with Crippen molar-refractivity contribution < 1.29 is 27.3 Å². The second kappa shape index (κ2) is 4.17. The van der Waals surface area contributed by atoms with Gasteiger partial charge in [0.05, 0.1) is 0 Å². The van der Waals surface area contributed by atoms with Crippen molar-refractivity contribution in [2.75, 3.05) is 0 Å². The van der Waals surface area contributed by atoms with Gasteiger partial charge < -0.3 is 0 Å². The van der Waals surface area contributed by atoms with Crippen molar-refractivity contribution in [1.29, 1.82) is 0 Å². The molecule has 0 unspecified atom stereocenters. The Bertz CT molecular complexity index is 81.6. The predicted octanol–water partition coefficient (Wildman–Crippen LogP) is 0.474. The quantitative estimate of drug-likeness (QED) is 0.559. The standard InChI is InChI=1S/C4H4N2.Cd/c1-2-6-4-3-5-1;/h1-4H;. The predicted molar refractivity (Wildman–Crippen MR) is 22.0 cm³/mol. The minimum absolute atomic E-state index is 0. The van der Waals surface area contributed by atoms with Crippen LogP contribution in [-0.4, -0.2) is 9.97 Å². The second-order valence-electron chi connectivity index (χ2n) is 0.894. The zero-order valence-corrected chi connectivity index (χ0v) is 7.95. The van der Waals surface area contributed by atoms with E-state index in [0.717, 1.165) is 0 Å². The van der Waals surface area contributed by atoms with Gasteiger partial charge in [0.2, 0.25) is 0 Å². The van der Waals surface area contributed by atoms with Crippen LogP contribution in [0.15, 0.2) is 24.8 Å². The zero-order valence-electron chi connectivity index (χ0n) is 3.91. The molecular formula is C4H4CdN2. The van der Waals surface area contributed by atoms with Gasteiger partial charge in [-0.05, 0) is 0 Å². The largest absolute Gasteiger partial charge is 0.262 e. The van der Waals surface area contributed by atoms with Crippen LogP contribution >= 0.6 is 0 Å². The van der Waals surface area contributed by atoms with Crippen LogP contribution in [0.2, 0.25) is 0 Å². The first-order valence-electron chi connectivity index (χ1n) is 1.70. The average molecular weight is 193 g/mol. The van der Waals surface area contributed by atoms with Gasteiger partial charge in [0.1, 0.15) is 0 Å². The number of rotatable bonds is 0. The summed E-state index contributed by atoms with van der Waals surface area (Å²) in [5.41, 5.74) is 0. The molecule has 0 aromatic carbocycles. The Balaban J connectivity index is 0.000000360. The molecule has 0 bridgehead atoms. The van der Waals surface area contributed by atoms with E-state index in [4.69, 9.17) is 0 Å². The van der Waals surface area contributed by atoms with Crippen LogP contribution in [0.3, 0.4) is 0 Å². The maximum absolute atomic E-state index is 3.72. The summed E-state index contributed by atoms with van der Waals surface area (Å²) in [5, 5.41) is 0. The van der Waals surface area contributed by atoms with Crippen molar-refractivity contribution in [3.8, 4) is 0 Å². The Morgan fingerprint density at radius 3 is 1.14 bits per heavy atom. The minimum atomic E-state index is 0. The summed E-state index contributed by atoms with van der Waals surface area (Å²) in [5.74, 6) is 0. The SMILES string of the molecule is [Cd].c1cnccn1. The van der Waals surface area contributed by atoms with E-state index < -0.39 is 0 Å². The average Bonchev–Trinajstić information content (AvgIpc) is 1.72. The zero-order chi connectivity index (χ0) is 4.24. The van der Waals surface area contributed by atoms with Crippen LogP contribution < -0.4 is 0 Å². The Kier molecular flexibility index (Phi) is 4.17. The molecule has 0 atom stereocenters. The fraction of sp³-hybridized carbons (Fsp3) is 0. The molecule has 0 fully saturated rings. The van der Waals surface area contributed by atoms with Gasteiger partial charge in [-0.15, -0.1) is 0 Å². The number of aromatic nitrogens is 2. The molecule has 0 saturated heterocycles. The van der Waals surface area contributed by atoms with Crippen molar-refractivity contribution >= 4 is 0 Å². The molecule has 0 aliphatic heterocycles. The summed E-state index contributed by atoms with van der Waals surface area (Å²) < 4.78 is 0. The molecule has 0 N–H and O–H groups in total. The van der Waals surface area contributed by atoms with Gasteiger partial charge in [0, 0.05) is 52.1 Å². The van der Waals surface area contributed by atoms with E-state index in [9.17, 15) is 0 Å². The van der Waals surface area contributed by atoms with Gasteiger partial charge in [0.15, 0.2) is 0 Å². The van der Waals surface area contributed by atoms with Crippen LogP contribution in [0, 0.1) is 0 Å². The molecule has 1 aromatic rings. The molecule has 7 heavy (non-hydrogen) atoms. The molecule has 0 aliphatic rings. The Hall–Kier alpha value is 0.00208. The van der Waals surface area contributed by atoms with Crippen molar-refractivity contribution in [2.24, 2.45) is 0 Å². The topological polar surface area (TPSA) is 25.8 Å². The van der Waals surface area contributed by atoms with Crippen LogP contribution in [-0.2, 0) is 27.3 Å². The molecule has 3 heteroatoms. The monoisotopic (exact) mass is 194 g/mol. The third kappa shape index (κ3) is 2.67. The van der Waals surface area contributed by atoms with E-state index in [0.29, 0.717) is 0 Å². The fourth-order valence-corrected chi connectivity index (χ4v) is 0.253. The van der Waals surface area contributed by atoms with Gasteiger partial charge in [-0.1, -0.05) is 0 Å². The van der Waals surface area contributed by atoms with E-state index in [1.54, 1.807) is 24.8 Å².